The van der Waals surface area contributed by atoms with Crippen molar-refractivity contribution < 1.29 is 19.1 Å². The Bertz CT molecular complexity index is 1020. The molecule has 4 heteroatoms. The Morgan fingerprint density at radius 3 is 2.43 bits per heavy atom. The number of Topliss-reactive ketones (excluding diaryl/α,β-unsaturated/α-hetero) is 1. The Balaban J connectivity index is 1.50. The molecule has 0 N–H and O–H groups in total. The largest absolute Gasteiger partial charge is 0.484 e. The van der Waals surface area contributed by atoms with Crippen molar-refractivity contribution in [1.82, 2.24) is 0 Å². The molecule has 0 bridgehead atoms. The second-order valence-electron chi connectivity index (χ2n) is 6.47. The van der Waals surface area contributed by atoms with Crippen LogP contribution in [0.3, 0.4) is 0 Å². The van der Waals surface area contributed by atoms with E-state index in [1.54, 1.807) is 24.3 Å². The lowest BCUT2D eigenvalue weighted by Crippen LogP contribution is -2.20. The molecular formula is C24H18O4. The van der Waals surface area contributed by atoms with Gasteiger partial charge in [0.2, 0.25) is 0 Å². The predicted molar refractivity (Wildman–Crippen MR) is 106 cm³/mol. The molecule has 0 saturated carbocycles. The Hall–Kier alpha value is -3.66. The van der Waals surface area contributed by atoms with Gasteiger partial charge in [-0.2, -0.15) is 0 Å². The van der Waals surface area contributed by atoms with E-state index in [4.69, 9.17) is 9.47 Å². The van der Waals surface area contributed by atoms with E-state index >= 15 is 0 Å². The first-order chi connectivity index (χ1) is 13.7. The van der Waals surface area contributed by atoms with Gasteiger partial charge in [-0.1, -0.05) is 60.7 Å². The van der Waals surface area contributed by atoms with Gasteiger partial charge < -0.3 is 9.47 Å². The highest BCUT2D eigenvalue weighted by atomic mass is 16.5. The third kappa shape index (κ3) is 4.01. The second-order valence-corrected chi connectivity index (χ2v) is 6.47. The van der Waals surface area contributed by atoms with Crippen LogP contribution in [-0.2, 0) is 4.79 Å². The molecule has 0 aromatic heterocycles. The molecule has 0 radical (unpaired) electrons. The fourth-order valence-corrected chi connectivity index (χ4v) is 3.10. The highest BCUT2D eigenvalue weighted by molar-refractivity contribution is 6.00. The van der Waals surface area contributed by atoms with Crippen LogP contribution >= 0.6 is 0 Å². The molecule has 1 aliphatic rings. The van der Waals surface area contributed by atoms with Crippen molar-refractivity contribution in [2.75, 3.05) is 0 Å². The molecule has 0 fully saturated rings. The van der Waals surface area contributed by atoms with E-state index in [-0.39, 0.29) is 18.3 Å². The summed E-state index contributed by atoms with van der Waals surface area (Å²) in [5.41, 5.74) is 2.35. The maximum atomic E-state index is 12.5. The van der Waals surface area contributed by atoms with Crippen molar-refractivity contribution in [2.45, 2.75) is 12.5 Å². The molecule has 0 aliphatic carbocycles. The van der Waals surface area contributed by atoms with Crippen LogP contribution in [0.1, 0.15) is 34.0 Å². The summed E-state index contributed by atoms with van der Waals surface area (Å²) in [5, 5.41) is 0. The third-order valence-electron chi connectivity index (χ3n) is 4.49. The van der Waals surface area contributed by atoms with Crippen LogP contribution in [0.5, 0.6) is 11.5 Å². The lowest BCUT2D eigenvalue weighted by atomic mass is 9.96. The number of carbonyl (C=O) groups is 2. The van der Waals surface area contributed by atoms with Crippen molar-refractivity contribution in [3.05, 3.63) is 102 Å². The molecule has 1 heterocycles. The number of benzene rings is 3. The van der Waals surface area contributed by atoms with E-state index in [2.05, 4.69) is 0 Å². The average Bonchev–Trinajstić information content (AvgIpc) is 2.73. The van der Waals surface area contributed by atoms with Crippen LogP contribution in [0.15, 0.2) is 84.9 Å². The molecule has 0 saturated heterocycles. The minimum absolute atomic E-state index is 0.0111. The summed E-state index contributed by atoms with van der Waals surface area (Å²) in [6.07, 6.45) is 3.00. The van der Waals surface area contributed by atoms with Gasteiger partial charge in [0.05, 0.1) is 12.0 Å². The minimum atomic E-state index is -0.495. The van der Waals surface area contributed by atoms with Crippen LogP contribution in [0.4, 0.5) is 0 Å². The van der Waals surface area contributed by atoms with Gasteiger partial charge in [0.25, 0.3) is 0 Å². The summed E-state index contributed by atoms with van der Waals surface area (Å²) in [6.45, 7) is 0. The Labute approximate surface area is 163 Å². The number of ether oxygens (including phenoxy) is 2. The van der Waals surface area contributed by atoms with Crippen LogP contribution < -0.4 is 9.47 Å². The standard InChI is InChI=1S/C24H18O4/c25-21-16-22(18-9-5-2-6-10-18)28-23-15-19(12-13-20(21)23)27-24(26)14-11-17-7-3-1-4-8-17/h1-15,22H,16H2. The number of hydrogen-bond donors (Lipinski definition) is 0. The van der Waals surface area contributed by atoms with Crippen molar-refractivity contribution >= 4 is 17.8 Å². The van der Waals surface area contributed by atoms with Gasteiger partial charge in [0.1, 0.15) is 17.6 Å². The molecule has 0 amide bonds. The molecule has 4 rings (SSSR count). The van der Waals surface area contributed by atoms with Gasteiger partial charge >= 0.3 is 5.97 Å². The summed E-state index contributed by atoms with van der Waals surface area (Å²) in [4.78, 5) is 24.6. The van der Waals surface area contributed by atoms with E-state index in [0.717, 1.165) is 11.1 Å². The zero-order valence-corrected chi connectivity index (χ0v) is 15.1. The Morgan fingerprint density at radius 2 is 1.68 bits per heavy atom. The summed E-state index contributed by atoms with van der Waals surface area (Å²) in [5.74, 6) is 0.285. The van der Waals surface area contributed by atoms with Gasteiger partial charge in [-0.3, -0.25) is 4.79 Å². The lowest BCUT2D eigenvalue weighted by molar-refractivity contribution is -0.128. The minimum Gasteiger partial charge on any atom is -0.484 e. The van der Waals surface area contributed by atoms with Crippen LogP contribution in [0.25, 0.3) is 6.08 Å². The molecule has 0 spiro atoms. The van der Waals surface area contributed by atoms with E-state index in [9.17, 15) is 9.59 Å². The predicted octanol–water partition coefficient (Wildman–Crippen LogP) is 5.01. The first kappa shape index (κ1) is 17.7. The van der Waals surface area contributed by atoms with Gasteiger partial charge in [0, 0.05) is 12.1 Å². The monoisotopic (exact) mass is 370 g/mol. The SMILES string of the molecule is O=C(C=Cc1ccccc1)Oc1ccc2c(c1)OC(c1ccccc1)CC2=O. The summed E-state index contributed by atoms with van der Waals surface area (Å²) in [7, 11) is 0. The number of carbonyl (C=O) groups excluding carboxylic acids is 2. The topological polar surface area (TPSA) is 52.6 Å². The molecule has 1 atom stereocenters. The first-order valence-corrected chi connectivity index (χ1v) is 9.03. The Kier molecular flexibility index (Phi) is 5.02. The maximum Gasteiger partial charge on any atom is 0.336 e. The summed E-state index contributed by atoms with van der Waals surface area (Å²) in [6, 6.07) is 23.9. The van der Waals surface area contributed by atoms with Gasteiger partial charge in [0.15, 0.2) is 5.78 Å². The smallest absolute Gasteiger partial charge is 0.336 e. The Morgan fingerprint density at radius 1 is 0.964 bits per heavy atom. The molecule has 3 aromatic rings. The second kappa shape index (κ2) is 7.92. The highest BCUT2D eigenvalue weighted by Crippen LogP contribution is 2.37. The molecule has 4 nitrogen and oxygen atoms in total. The average molecular weight is 370 g/mol. The zero-order valence-electron chi connectivity index (χ0n) is 15.1. The molecular weight excluding hydrogens is 352 g/mol. The van der Waals surface area contributed by atoms with Crippen molar-refractivity contribution in [1.29, 1.82) is 0 Å². The molecule has 1 aliphatic heterocycles. The molecule has 138 valence electrons. The maximum absolute atomic E-state index is 12.5. The molecule has 3 aromatic carbocycles. The lowest BCUT2D eigenvalue weighted by Gasteiger charge is -2.25. The van der Waals surface area contributed by atoms with Crippen LogP contribution in [-0.4, -0.2) is 11.8 Å². The first-order valence-electron chi connectivity index (χ1n) is 9.03. The van der Waals surface area contributed by atoms with E-state index in [0.29, 0.717) is 17.1 Å². The fourth-order valence-electron chi connectivity index (χ4n) is 3.10. The van der Waals surface area contributed by atoms with Gasteiger partial charge in [-0.05, 0) is 29.3 Å². The third-order valence-corrected chi connectivity index (χ3v) is 4.49. The van der Waals surface area contributed by atoms with Crippen molar-refractivity contribution in [2.24, 2.45) is 0 Å². The number of hydrogen-bond acceptors (Lipinski definition) is 4. The van der Waals surface area contributed by atoms with Crippen molar-refractivity contribution in [3.8, 4) is 11.5 Å². The van der Waals surface area contributed by atoms with Crippen molar-refractivity contribution in [3.63, 3.8) is 0 Å². The van der Waals surface area contributed by atoms with Gasteiger partial charge in [-0.25, -0.2) is 4.79 Å². The number of esters is 1. The van der Waals surface area contributed by atoms with E-state index < -0.39 is 5.97 Å². The van der Waals surface area contributed by atoms with Crippen LogP contribution in [0, 0.1) is 0 Å². The quantitative estimate of drug-likeness (QED) is 0.368. The highest BCUT2D eigenvalue weighted by Gasteiger charge is 2.28. The summed E-state index contributed by atoms with van der Waals surface area (Å²) >= 11 is 0. The number of rotatable bonds is 4. The van der Waals surface area contributed by atoms with Gasteiger partial charge in [-0.15, -0.1) is 0 Å². The van der Waals surface area contributed by atoms with Crippen LogP contribution in [0.2, 0.25) is 0 Å². The number of fused-ring (bicyclic) bond motifs is 1. The molecule has 1 unspecified atom stereocenters. The van der Waals surface area contributed by atoms with E-state index in [1.807, 2.05) is 60.7 Å². The summed E-state index contributed by atoms with van der Waals surface area (Å²) < 4.78 is 11.4. The normalized spacial score (nSPS) is 15.7. The number of ketones is 1. The van der Waals surface area contributed by atoms with E-state index in [1.165, 1.54) is 6.08 Å². The zero-order chi connectivity index (χ0) is 19.3. The fraction of sp³-hybridized carbons (Fsp3) is 0.0833. The molecule has 28 heavy (non-hydrogen) atoms.